The van der Waals surface area contributed by atoms with Crippen LogP contribution in [0.5, 0.6) is 0 Å². The van der Waals surface area contributed by atoms with E-state index < -0.39 is 6.09 Å². The van der Waals surface area contributed by atoms with Crippen molar-refractivity contribution >= 4 is 12.0 Å². The Morgan fingerprint density at radius 2 is 2.09 bits per heavy atom. The summed E-state index contributed by atoms with van der Waals surface area (Å²) in [4.78, 5) is 26.2. The molecule has 0 radical (unpaired) electrons. The van der Waals surface area contributed by atoms with Gasteiger partial charge in [-0.25, -0.2) is 9.69 Å². The second-order valence-corrected chi connectivity index (χ2v) is 6.39. The molecule has 2 aliphatic rings. The molecule has 2 amide bonds. The van der Waals surface area contributed by atoms with Crippen LogP contribution in [-0.2, 0) is 20.7 Å². The number of carbonyl (C=O) groups is 2. The lowest BCUT2D eigenvalue weighted by Crippen LogP contribution is -2.45. The van der Waals surface area contributed by atoms with Crippen molar-refractivity contribution in [1.82, 2.24) is 4.90 Å². The number of carbonyl (C=O) groups excluding carboxylic acids is 2. The molecular weight excluding hydrogens is 294 g/mol. The van der Waals surface area contributed by atoms with Gasteiger partial charge in [-0.2, -0.15) is 0 Å². The highest BCUT2D eigenvalue weighted by molar-refractivity contribution is 5.94. The van der Waals surface area contributed by atoms with Gasteiger partial charge in [0, 0.05) is 12.5 Å². The molecular formula is C18H23NO4. The van der Waals surface area contributed by atoms with Crippen LogP contribution in [0.4, 0.5) is 4.79 Å². The highest BCUT2D eigenvalue weighted by Gasteiger charge is 2.41. The van der Waals surface area contributed by atoms with Crippen molar-refractivity contribution < 1.29 is 19.1 Å². The Kier molecular flexibility index (Phi) is 4.96. The van der Waals surface area contributed by atoms with E-state index in [1.807, 2.05) is 37.3 Å². The quantitative estimate of drug-likeness (QED) is 0.856. The molecule has 1 aromatic carbocycles. The molecule has 5 heteroatoms. The Morgan fingerprint density at radius 3 is 2.78 bits per heavy atom. The second kappa shape index (κ2) is 7.13. The van der Waals surface area contributed by atoms with Crippen molar-refractivity contribution in [2.24, 2.45) is 11.8 Å². The summed E-state index contributed by atoms with van der Waals surface area (Å²) < 4.78 is 10.6. The molecule has 0 aromatic heterocycles. The summed E-state index contributed by atoms with van der Waals surface area (Å²) in [6.45, 7) is 3.53. The van der Waals surface area contributed by atoms with E-state index in [0.717, 1.165) is 25.0 Å². The molecule has 0 bridgehead atoms. The van der Waals surface area contributed by atoms with Crippen LogP contribution in [-0.4, -0.2) is 42.8 Å². The van der Waals surface area contributed by atoms with E-state index in [1.165, 1.54) is 4.90 Å². The van der Waals surface area contributed by atoms with E-state index in [0.29, 0.717) is 13.0 Å². The third-order valence-electron chi connectivity index (χ3n) is 4.80. The standard InChI is InChI=1S/C18H23NO4/c1-13(15-8-5-9-22-11-15)17(20)19-16(12-23-18(19)21)10-14-6-3-2-4-7-14/h2-4,6-7,13,15-16H,5,8-12H2,1H3/t13-,15?,16-/m1/s1. The number of rotatable bonds is 4. The number of nitrogens with zero attached hydrogens (tertiary/aromatic N) is 1. The molecule has 3 rings (SSSR count). The van der Waals surface area contributed by atoms with Crippen LogP contribution in [0, 0.1) is 11.8 Å². The fourth-order valence-electron chi connectivity index (χ4n) is 3.35. The number of hydrogen-bond donors (Lipinski definition) is 0. The van der Waals surface area contributed by atoms with E-state index in [-0.39, 0.29) is 30.4 Å². The summed E-state index contributed by atoms with van der Waals surface area (Å²) >= 11 is 0. The van der Waals surface area contributed by atoms with Crippen molar-refractivity contribution in [2.75, 3.05) is 19.8 Å². The number of cyclic esters (lactones) is 1. The Labute approximate surface area is 136 Å². The lowest BCUT2D eigenvalue weighted by atomic mass is 9.88. The van der Waals surface area contributed by atoms with Gasteiger partial charge in [-0.1, -0.05) is 37.3 Å². The molecule has 5 nitrogen and oxygen atoms in total. The molecule has 23 heavy (non-hydrogen) atoms. The number of ether oxygens (including phenoxy) is 2. The summed E-state index contributed by atoms with van der Waals surface area (Å²) in [5.74, 6) is -0.176. The van der Waals surface area contributed by atoms with E-state index in [2.05, 4.69) is 0 Å². The van der Waals surface area contributed by atoms with Gasteiger partial charge in [0.25, 0.3) is 0 Å². The van der Waals surface area contributed by atoms with Gasteiger partial charge in [-0.05, 0) is 30.7 Å². The average Bonchev–Trinajstić information content (AvgIpc) is 2.95. The summed E-state index contributed by atoms with van der Waals surface area (Å²) in [6.07, 6.45) is 2.06. The van der Waals surface area contributed by atoms with Crippen molar-refractivity contribution in [3.05, 3.63) is 35.9 Å². The lowest BCUT2D eigenvalue weighted by Gasteiger charge is -2.30. The fraction of sp³-hybridized carbons (Fsp3) is 0.556. The van der Waals surface area contributed by atoms with Crippen molar-refractivity contribution in [3.63, 3.8) is 0 Å². The first-order valence-corrected chi connectivity index (χ1v) is 8.28. The minimum absolute atomic E-state index is 0.135. The van der Waals surface area contributed by atoms with Gasteiger partial charge < -0.3 is 9.47 Å². The first-order chi connectivity index (χ1) is 11.2. The summed E-state index contributed by atoms with van der Waals surface area (Å²) in [7, 11) is 0. The third-order valence-corrected chi connectivity index (χ3v) is 4.80. The van der Waals surface area contributed by atoms with Gasteiger partial charge in [0.1, 0.15) is 6.61 Å². The molecule has 3 atom stereocenters. The molecule has 1 unspecified atom stereocenters. The molecule has 2 heterocycles. The molecule has 2 fully saturated rings. The van der Waals surface area contributed by atoms with Crippen LogP contribution in [0.25, 0.3) is 0 Å². The zero-order valence-corrected chi connectivity index (χ0v) is 13.4. The lowest BCUT2D eigenvalue weighted by molar-refractivity contribution is -0.136. The van der Waals surface area contributed by atoms with Gasteiger partial charge in [0.05, 0.1) is 12.6 Å². The van der Waals surface area contributed by atoms with E-state index in [1.54, 1.807) is 0 Å². The minimum Gasteiger partial charge on any atom is -0.447 e. The minimum atomic E-state index is -0.514. The molecule has 124 valence electrons. The Hall–Kier alpha value is -1.88. The predicted molar refractivity (Wildman–Crippen MR) is 84.8 cm³/mol. The highest BCUT2D eigenvalue weighted by Crippen LogP contribution is 2.27. The fourth-order valence-corrected chi connectivity index (χ4v) is 3.35. The van der Waals surface area contributed by atoms with Crippen LogP contribution in [0.15, 0.2) is 30.3 Å². The molecule has 0 saturated carbocycles. The SMILES string of the molecule is C[C@@H](C(=O)N1C(=O)OC[C@H]1Cc1ccccc1)C1CCCOC1. The van der Waals surface area contributed by atoms with Crippen molar-refractivity contribution in [2.45, 2.75) is 32.2 Å². The topological polar surface area (TPSA) is 55.8 Å². The Balaban J connectivity index is 1.70. The second-order valence-electron chi connectivity index (χ2n) is 6.39. The van der Waals surface area contributed by atoms with Crippen LogP contribution < -0.4 is 0 Å². The molecule has 0 N–H and O–H groups in total. The Morgan fingerprint density at radius 1 is 1.30 bits per heavy atom. The normalized spacial score (nSPS) is 26.0. The summed E-state index contributed by atoms with van der Waals surface area (Å²) in [6, 6.07) is 9.66. The maximum Gasteiger partial charge on any atom is 0.416 e. The predicted octanol–water partition coefficient (Wildman–Crippen LogP) is 2.64. The van der Waals surface area contributed by atoms with Crippen LogP contribution in [0.1, 0.15) is 25.3 Å². The van der Waals surface area contributed by atoms with E-state index in [4.69, 9.17) is 9.47 Å². The van der Waals surface area contributed by atoms with Gasteiger partial charge in [-0.15, -0.1) is 0 Å². The number of imide groups is 1. The van der Waals surface area contributed by atoms with Gasteiger partial charge in [0.15, 0.2) is 0 Å². The van der Waals surface area contributed by atoms with Gasteiger partial charge in [0.2, 0.25) is 5.91 Å². The molecule has 2 aliphatic heterocycles. The average molecular weight is 317 g/mol. The smallest absolute Gasteiger partial charge is 0.416 e. The molecule has 0 spiro atoms. The molecule has 1 aromatic rings. The summed E-state index contributed by atoms with van der Waals surface area (Å²) in [5.41, 5.74) is 1.10. The number of hydrogen-bond acceptors (Lipinski definition) is 4. The zero-order valence-electron chi connectivity index (χ0n) is 13.4. The van der Waals surface area contributed by atoms with E-state index >= 15 is 0 Å². The first-order valence-electron chi connectivity index (χ1n) is 8.28. The van der Waals surface area contributed by atoms with Crippen molar-refractivity contribution in [1.29, 1.82) is 0 Å². The van der Waals surface area contributed by atoms with Crippen LogP contribution in [0.3, 0.4) is 0 Å². The first kappa shape index (κ1) is 16.0. The number of amides is 2. The summed E-state index contributed by atoms with van der Waals surface area (Å²) in [5, 5.41) is 0. The van der Waals surface area contributed by atoms with Gasteiger partial charge in [-0.3, -0.25) is 4.79 Å². The monoisotopic (exact) mass is 317 g/mol. The molecule has 0 aliphatic carbocycles. The van der Waals surface area contributed by atoms with Crippen LogP contribution in [0.2, 0.25) is 0 Å². The Bertz CT molecular complexity index is 553. The largest absolute Gasteiger partial charge is 0.447 e. The van der Waals surface area contributed by atoms with E-state index in [9.17, 15) is 9.59 Å². The van der Waals surface area contributed by atoms with Crippen molar-refractivity contribution in [3.8, 4) is 0 Å². The highest BCUT2D eigenvalue weighted by atomic mass is 16.6. The maximum atomic E-state index is 12.8. The van der Waals surface area contributed by atoms with Gasteiger partial charge >= 0.3 is 6.09 Å². The maximum absolute atomic E-state index is 12.8. The molecule has 2 saturated heterocycles. The third kappa shape index (κ3) is 3.55. The zero-order chi connectivity index (χ0) is 16.2. The number of benzene rings is 1. The van der Waals surface area contributed by atoms with Crippen LogP contribution >= 0.6 is 0 Å².